The van der Waals surface area contributed by atoms with Crippen LogP contribution in [0.15, 0.2) is 5.16 Å². The van der Waals surface area contributed by atoms with Crippen molar-refractivity contribution in [3.05, 3.63) is 0 Å². The molecule has 1 saturated carbocycles. The van der Waals surface area contributed by atoms with Gasteiger partial charge in [0.25, 0.3) is 0 Å². The number of aliphatic carboxylic acids is 1. The van der Waals surface area contributed by atoms with Crippen LogP contribution in [0.1, 0.15) is 52.4 Å². The van der Waals surface area contributed by atoms with Crippen molar-refractivity contribution in [1.29, 1.82) is 0 Å². The maximum Gasteiger partial charge on any atom is 0.380 e. The van der Waals surface area contributed by atoms with Gasteiger partial charge < -0.3 is 19.5 Å². The summed E-state index contributed by atoms with van der Waals surface area (Å²) in [6.07, 6.45) is 4.51. The van der Waals surface area contributed by atoms with Crippen LogP contribution in [0.4, 0.5) is 0 Å². The van der Waals surface area contributed by atoms with Gasteiger partial charge in [0, 0.05) is 0 Å². The van der Waals surface area contributed by atoms with Crippen molar-refractivity contribution in [3.8, 4) is 0 Å². The highest BCUT2D eigenvalue weighted by molar-refractivity contribution is 5.85. The zero-order chi connectivity index (χ0) is 14.3. The van der Waals surface area contributed by atoms with E-state index in [-0.39, 0.29) is 6.10 Å². The van der Waals surface area contributed by atoms with Crippen molar-refractivity contribution in [1.82, 2.24) is 0 Å². The number of rotatable bonds is 7. The fourth-order valence-corrected chi connectivity index (χ4v) is 1.96. The predicted molar refractivity (Wildman–Crippen MR) is 68.9 cm³/mol. The van der Waals surface area contributed by atoms with Crippen LogP contribution in [0.2, 0.25) is 0 Å². The minimum Gasteiger partial charge on any atom is -0.476 e. The van der Waals surface area contributed by atoms with Gasteiger partial charge in [-0.1, -0.05) is 11.6 Å². The summed E-state index contributed by atoms with van der Waals surface area (Å²) >= 11 is 0. The standard InChI is InChI=1S/C13H21NO5/c1-10(2)18-13(8-9-15,12(16)17)19-14-11-6-4-3-5-7-11/h9-10H,3-8H2,1-2H3,(H,16,17). The first kappa shape index (κ1) is 15.6. The van der Waals surface area contributed by atoms with E-state index in [2.05, 4.69) is 5.16 Å². The molecule has 1 aliphatic carbocycles. The molecule has 0 radical (unpaired) electrons. The second kappa shape index (κ2) is 7.23. The molecule has 19 heavy (non-hydrogen) atoms. The number of nitrogens with zero attached hydrogens (tertiary/aromatic N) is 1. The number of hydrogen-bond donors (Lipinski definition) is 1. The lowest BCUT2D eigenvalue weighted by molar-refractivity contribution is -0.256. The summed E-state index contributed by atoms with van der Waals surface area (Å²) in [6.45, 7) is 3.36. The topological polar surface area (TPSA) is 85.2 Å². The Labute approximate surface area is 112 Å². The van der Waals surface area contributed by atoms with E-state index < -0.39 is 18.2 Å². The van der Waals surface area contributed by atoms with Crippen molar-refractivity contribution in [2.75, 3.05) is 0 Å². The van der Waals surface area contributed by atoms with Crippen molar-refractivity contribution in [2.45, 2.75) is 64.3 Å². The molecule has 0 heterocycles. The summed E-state index contributed by atoms with van der Waals surface area (Å²) in [5.41, 5.74) is 0.829. The largest absolute Gasteiger partial charge is 0.476 e. The monoisotopic (exact) mass is 271 g/mol. The van der Waals surface area contributed by atoms with Crippen LogP contribution in [-0.2, 0) is 19.2 Å². The molecule has 108 valence electrons. The molecule has 6 heteroatoms. The molecular weight excluding hydrogens is 250 g/mol. The number of carbonyl (C=O) groups is 2. The zero-order valence-electron chi connectivity index (χ0n) is 11.4. The molecule has 0 bridgehead atoms. The highest BCUT2D eigenvalue weighted by atomic mass is 16.8. The minimum atomic E-state index is -2.01. The molecule has 1 N–H and O–H groups in total. The van der Waals surface area contributed by atoms with Gasteiger partial charge in [0.2, 0.25) is 0 Å². The van der Waals surface area contributed by atoms with Gasteiger partial charge in [-0.25, -0.2) is 4.79 Å². The van der Waals surface area contributed by atoms with E-state index in [1.165, 1.54) is 0 Å². The normalized spacial score (nSPS) is 18.8. The third-order valence-corrected chi connectivity index (χ3v) is 2.86. The summed E-state index contributed by atoms with van der Waals surface area (Å²) in [5.74, 6) is -3.35. The fourth-order valence-electron chi connectivity index (χ4n) is 1.96. The van der Waals surface area contributed by atoms with E-state index in [9.17, 15) is 14.7 Å². The smallest absolute Gasteiger partial charge is 0.380 e. The van der Waals surface area contributed by atoms with Crippen LogP contribution in [0.3, 0.4) is 0 Å². The Balaban J connectivity index is 2.81. The number of carbonyl (C=O) groups excluding carboxylic acids is 1. The molecule has 0 aromatic rings. The lowest BCUT2D eigenvalue weighted by Gasteiger charge is -2.27. The summed E-state index contributed by atoms with van der Waals surface area (Å²) in [5, 5.41) is 13.2. The average molecular weight is 271 g/mol. The average Bonchev–Trinajstić information content (AvgIpc) is 2.36. The fraction of sp³-hybridized carbons (Fsp3) is 0.769. The van der Waals surface area contributed by atoms with E-state index in [0.29, 0.717) is 6.29 Å². The van der Waals surface area contributed by atoms with E-state index in [1.807, 2.05) is 0 Å². The number of hydrogen-bond acceptors (Lipinski definition) is 5. The van der Waals surface area contributed by atoms with Crippen LogP contribution in [-0.4, -0.2) is 35.0 Å². The third-order valence-electron chi connectivity index (χ3n) is 2.86. The first-order valence-corrected chi connectivity index (χ1v) is 6.59. The Hall–Kier alpha value is -1.43. The first-order chi connectivity index (χ1) is 9.00. The first-order valence-electron chi connectivity index (χ1n) is 6.59. The van der Waals surface area contributed by atoms with Crippen molar-refractivity contribution < 1.29 is 24.3 Å². The molecule has 1 unspecified atom stereocenters. The molecule has 0 saturated heterocycles. The van der Waals surface area contributed by atoms with Crippen molar-refractivity contribution >= 4 is 18.0 Å². The number of carboxylic acids is 1. The molecule has 0 spiro atoms. The quantitative estimate of drug-likeness (QED) is 0.435. The summed E-state index contributed by atoms with van der Waals surface area (Å²) in [6, 6.07) is 0. The number of oxime groups is 1. The van der Waals surface area contributed by atoms with Gasteiger partial charge >= 0.3 is 11.8 Å². The SMILES string of the molecule is CC(C)OC(CC=O)(ON=C1CCCCC1)C(=O)O. The number of ether oxygens (including phenoxy) is 1. The van der Waals surface area contributed by atoms with Crippen molar-refractivity contribution in [2.24, 2.45) is 5.16 Å². The van der Waals surface area contributed by atoms with Gasteiger partial charge in [0.15, 0.2) is 0 Å². The molecule has 1 atom stereocenters. The molecule has 0 aromatic heterocycles. The van der Waals surface area contributed by atoms with Crippen LogP contribution in [0, 0.1) is 0 Å². The molecular formula is C13H21NO5. The van der Waals surface area contributed by atoms with E-state index in [1.54, 1.807) is 13.8 Å². The van der Waals surface area contributed by atoms with Gasteiger partial charge in [-0.05, 0) is 39.5 Å². The van der Waals surface area contributed by atoms with Gasteiger partial charge in [0.05, 0.1) is 18.2 Å². The van der Waals surface area contributed by atoms with Gasteiger partial charge in [-0.15, -0.1) is 0 Å². The molecule has 0 amide bonds. The molecule has 0 aliphatic heterocycles. The number of carboxylic acid groups (broad SMARTS) is 1. The molecule has 6 nitrogen and oxygen atoms in total. The molecule has 1 rings (SSSR count). The summed E-state index contributed by atoms with van der Waals surface area (Å²) in [7, 11) is 0. The molecule has 1 fully saturated rings. The maximum atomic E-state index is 11.3. The Morgan fingerprint density at radius 2 is 2.05 bits per heavy atom. The lowest BCUT2D eigenvalue weighted by Crippen LogP contribution is -2.45. The molecule has 0 aromatic carbocycles. The predicted octanol–water partition coefficient (Wildman–Crippen LogP) is 2.12. The maximum absolute atomic E-state index is 11.3. The third kappa shape index (κ3) is 4.63. The Morgan fingerprint density at radius 3 is 2.53 bits per heavy atom. The summed E-state index contributed by atoms with van der Waals surface area (Å²) in [4.78, 5) is 27.1. The van der Waals surface area contributed by atoms with E-state index in [4.69, 9.17) is 9.57 Å². The highest BCUT2D eigenvalue weighted by Crippen LogP contribution is 2.22. The van der Waals surface area contributed by atoms with Gasteiger partial charge in [0.1, 0.15) is 6.29 Å². The number of aldehydes is 1. The Morgan fingerprint density at radius 1 is 1.42 bits per heavy atom. The van der Waals surface area contributed by atoms with Crippen molar-refractivity contribution in [3.63, 3.8) is 0 Å². The Kier molecular flexibility index (Phi) is 5.95. The van der Waals surface area contributed by atoms with Crippen LogP contribution < -0.4 is 0 Å². The van der Waals surface area contributed by atoms with E-state index >= 15 is 0 Å². The second-order valence-corrected chi connectivity index (χ2v) is 4.90. The molecule has 1 aliphatic rings. The zero-order valence-corrected chi connectivity index (χ0v) is 11.4. The minimum absolute atomic E-state index is 0.386. The van der Waals surface area contributed by atoms with Gasteiger partial charge in [-0.2, -0.15) is 0 Å². The Bertz CT molecular complexity index is 345. The second-order valence-electron chi connectivity index (χ2n) is 4.90. The highest BCUT2D eigenvalue weighted by Gasteiger charge is 2.44. The van der Waals surface area contributed by atoms with Gasteiger partial charge in [-0.3, -0.25) is 0 Å². The summed E-state index contributed by atoms with van der Waals surface area (Å²) < 4.78 is 5.27. The van der Waals surface area contributed by atoms with Crippen LogP contribution >= 0.6 is 0 Å². The lowest BCUT2D eigenvalue weighted by atomic mass is 9.99. The van der Waals surface area contributed by atoms with E-state index in [0.717, 1.165) is 37.8 Å². The van der Waals surface area contributed by atoms with Crippen LogP contribution in [0.5, 0.6) is 0 Å². The van der Waals surface area contributed by atoms with Crippen LogP contribution in [0.25, 0.3) is 0 Å².